The summed E-state index contributed by atoms with van der Waals surface area (Å²) in [4.78, 5) is 15.3. The molecular weight excluding hydrogens is 198 g/mol. The molecule has 1 aromatic rings. The first-order valence-electron chi connectivity index (χ1n) is 4.23. The Morgan fingerprint density at radius 1 is 1.71 bits per heavy atom. The topological polar surface area (TPSA) is 68.0 Å². The molecule has 0 fully saturated rings. The van der Waals surface area contributed by atoms with E-state index in [-0.39, 0.29) is 5.91 Å². The van der Waals surface area contributed by atoms with E-state index in [1.54, 1.807) is 30.1 Å². The number of aromatic nitrogens is 1. The van der Waals surface area contributed by atoms with Gasteiger partial charge in [0.1, 0.15) is 0 Å². The zero-order valence-corrected chi connectivity index (χ0v) is 8.80. The number of anilines is 2. The van der Waals surface area contributed by atoms with E-state index in [2.05, 4.69) is 10.3 Å². The average molecular weight is 211 g/mol. The molecule has 3 N–H and O–H groups in total. The summed E-state index contributed by atoms with van der Waals surface area (Å²) < 4.78 is 0. The van der Waals surface area contributed by atoms with Crippen molar-refractivity contribution in [3.63, 3.8) is 0 Å². The number of hydrogen-bond acceptors (Lipinski definition) is 4. The van der Waals surface area contributed by atoms with Gasteiger partial charge in [-0.25, -0.2) is 4.98 Å². The Balaban J connectivity index is 2.52. The molecule has 4 nitrogen and oxygen atoms in total. The van der Waals surface area contributed by atoms with Gasteiger partial charge in [-0.2, -0.15) is 11.8 Å². The maximum absolute atomic E-state index is 11.3. The Hall–Kier alpha value is -1.23. The lowest BCUT2D eigenvalue weighted by Gasteiger charge is -2.05. The molecule has 0 saturated carbocycles. The highest BCUT2D eigenvalue weighted by Crippen LogP contribution is 2.13. The number of thioether (sulfide) groups is 1. The number of rotatable bonds is 4. The van der Waals surface area contributed by atoms with Gasteiger partial charge >= 0.3 is 0 Å². The van der Waals surface area contributed by atoms with Gasteiger partial charge in [0.15, 0.2) is 5.82 Å². The van der Waals surface area contributed by atoms with Crippen LogP contribution in [0.4, 0.5) is 11.5 Å². The van der Waals surface area contributed by atoms with Crippen LogP contribution >= 0.6 is 11.8 Å². The molecule has 0 unspecified atom stereocenters. The minimum atomic E-state index is -0.0512. The molecule has 0 saturated heterocycles. The van der Waals surface area contributed by atoms with Crippen molar-refractivity contribution in [2.75, 3.05) is 23.1 Å². The normalized spacial score (nSPS) is 9.79. The largest absolute Gasteiger partial charge is 0.396 e. The molecule has 1 aromatic heterocycles. The molecule has 0 aliphatic carbocycles. The van der Waals surface area contributed by atoms with Gasteiger partial charge in [0.05, 0.1) is 5.69 Å². The number of nitrogens with two attached hydrogens (primary N) is 1. The summed E-state index contributed by atoms with van der Waals surface area (Å²) in [7, 11) is 0. The second kappa shape index (κ2) is 5.49. The van der Waals surface area contributed by atoms with Crippen molar-refractivity contribution < 1.29 is 4.79 Å². The third kappa shape index (κ3) is 3.26. The van der Waals surface area contributed by atoms with E-state index in [1.807, 2.05) is 6.26 Å². The van der Waals surface area contributed by atoms with Crippen molar-refractivity contribution in [1.82, 2.24) is 4.98 Å². The number of hydrogen-bond donors (Lipinski definition) is 2. The third-order valence-corrected chi connectivity index (χ3v) is 2.24. The molecule has 1 heterocycles. The Kier molecular flexibility index (Phi) is 4.25. The molecule has 0 atom stereocenters. The Labute approximate surface area is 87.3 Å². The predicted octanol–water partition coefficient (Wildman–Crippen LogP) is 1.36. The second-order valence-corrected chi connectivity index (χ2v) is 3.72. The summed E-state index contributed by atoms with van der Waals surface area (Å²) in [5.74, 6) is 1.20. The Bertz CT molecular complexity index is 317. The fourth-order valence-corrected chi connectivity index (χ4v) is 1.30. The minimum Gasteiger partial charge on any atom is -0.396 e. The first-order valence-corrected chi connectivity index (χ1v) is 5.62. The molecule has 1 rings (SSSR count). The van der Waals surface area contributed by atoms with Gasteiger partial charge in [0, 0.05) is 18.4 Å². The number of carbonyl (C=O) groups is 1. The van der Waals surface area contributed by atoms with Gasteiger partial charge in [0.25, 0.3) is 0 Å². The Morgan fingerprint density at radius 3 is 3.14 bits per heavy atom. The van der Waals surface area contributed by atoms with Crippen molar-refractivity contribution in [1.29, 1.82) is 0 Å². The van der Waals surface area contributed by atoms with Crippen LogP contribution in [0.3, 0.4) is 0 Å². The van der Waals surface area contributed by atoms with Crippen molar-refractivity contribution in [2.24, 2.45) is 0 Å². The molecule has 14 heavy (non-hydrogen) atoms. The lowest BCUT2D eigenvalue weighted by molar-refractivity contribution is -0.115. The standard InChI is InChI=1S/C9H13N3OS/c1-14-6-4-8(13)12-9-7(10)3-2-5-11-9/h2-3,5H,4,6,10H2,1H3,(H,11,12,13). The van der Waals surface area contributed by atoms with Crippen LogP contribution in [0, 0.1) is 0 Å². The van der Waals surface area contributed by atoms with Crippen LogP contribution < -0.4 is 11.1 Å². The highest BCUT2D eigenvalue weighted by atomic mass is 32.2. The van der Waals surface area contributed by atoms with Crippen molar-refractivity contribution in [2.45, 2.75) is 6.42 Å². The third-order valence-electron chi connectivity index (χ3n) is 1.63. The second-order valence-electron chi connectivity index (χ2n) is 2.73. The molecule has 0 spiro atoms. The van der Waals surface area contributed by atoms with Gasteiger partial charge in [-0.3, -0.25) is 4.79 Å². The first-order chi connectivity index (χ1) is 6.74. The van der Waals surface area contributed by atoms with E-state index < -0.39 is 0 Å². The molecule has 76 valence electrons. The monoisotopic (exact) mass is 211 g/mol. The molecule has 5 heteroatoms. The predicted molar refractivity (Wildman–Crippen MR) is 60.3 cm³/mol. The number of carbonyl (C=O) groups excluding carboxylic acids is 1. The minimum absolute atomic E-state index is 0.0512. The number of nitrogen functional groups attached to an aromatic ring is 1. The zero-order valence-electron chi connectivity index (χ0n) is 7.99. The van der Waals surface area contributed by atoms with Crippen LogP contribution in [0.2, 0.25) is 0 Å². The van der Waals surface area contributed by atoms with E-state index in [0.717, 1.165) is 5.75 Å². The average Bonchev–Trinajstić information content (AvgIpc) is 2.18. The SMILES string of the molecule is CSCCC(=O)Nc1ncccc1N. The first kappa shape index (κ1) is 10.8. The fourth-order valence-electron chi connectivity index (χ4n) is 0.912. The van der Waals surface area contributed by atoms with Crippen LogP contribution in [-0.4, -0.2) is 22.9 Å². The summed E-state index contributed by atoms with van der Waals surface area (Å²) in [6, 6.07) is 3.43. The summed E-state index contributed by atoms with van der Waals surface area (Å²) in [6.45, 7) is 0. The van der Waals surface area contributed by atoms with E-state index in [1.165, 1.54) is 0 Å². The smallest absolute Gasteiger partial charge is 0.226 e. The summed E-state index contributed by atoms with van der Waals surface area (Å²) in [5.41, 5.74) is 6.11. The Morgan fingerprint density at radius 2 is 2.50 bits per heavy atom. The van der Waals surface area contributed by atoms with Crippen LogP contribution in [0.5, 0.6) is 0 Å². The summed E-state index contributed by atoms with van der Waals surface area (Å²) in [5, 5.41) is 2.66. The van der Waals surface area contributed by atoms with Gasteiger partial charge in [-0.1, -0.05) is 0 Å². The van der Waals surface area contributed by atoms with E-state index in [4.69, 9.17) is 5.73 Å². The van der Waals surface area contributed by atoms with Gasteiger partial charge in [-0.15, -0.1) is 0 Å². The molecule has 1 amide bonds. The highest BCUT2D eigenvalue weighted by Gasteiger charge is 2.04. The lowest BCUT2D eigenvalue weighted by Crippen LogP contribution is -2.14. The van der Waals surface area contributed by atoms with Gasteiger partial charge < -0.3 is 11.1 Å². The van der Waals surface area contributed by atoms with Gasteiger partial charge in [-0.05, 0) is 18.4 Å². The number of amides is 1. The van der Waals surface area contributed by atoms with E-state index >= 15 is 0 Å². The number of nitrogens with one attached hydrogen (secondary N) is 1. The van der Waals surface area contributed by atoms with E-state index in [9.17, 15) is 4.79 Å². The quantitative estimate of drug-likeness (QED) is 0.789. The zero-order chi connectivity index (χ0) is 10.4. The van der Waals surface area contributed by atoms with Crippen molar-refractivity contribution in [3.05, 3.63) is 18.3 Å². The van der Waals surface area contributed by atoms with E-state index in [0.29, 0.717) is 17.9 Å². The number of pyridine rings is 1. The molecule has 0 radical (unpaired) electrons. The molecule has 0 aliphatic rings. The summed E-state index contributed by atoms with van der Waals surface area (Å²) in [6.07, 6.45) is 4.04. The van der Waals surface area contributed by atoms with Crippen LogP contribution in [0.25, 0.3) is 0 Å². The molecule has 0 aromatic carbocycles. The summed E-state index contributed by atoms with van der Waals surface area (Å²) >= 11 is 1.63. The maximum atomic E-state index is 11.3. The van der Waals surface area contributed by atoms with Crippen molar-refractivity contribution in [3.8, 4) is 0 Å². The van der Waals surface area contributed by atoms with Crippen LogP contribution in [0.15, 0.2) is 18.3 Å². The maximum Gasteiger partial charge on any atom is 0.226 e. The highest BCUT2D eigenvalue weighted by molar-refractivity contribution is 7.98. The molecule has 0 aliphatic heterocycles. The fraction of sp³-hybridized carbons (Fsp3) is 0.333. The lowest BCUT2D eigenvalue weighted by atomic mass is 10.4. The molecular formula is C9H13N3OS. The van der Waals surface area contributed by atoms with Crippen molar-refractivity contribution >= 4 is 29.2 Å². The van der Waals surface area contributed by atoms with Gasteiger partial charge in [0.2, 0.25) is 5.91 Å². The number of nitrogens with zero attached hydrogens (tertiary/aromatic N) is 1. The molecule has 0 bridgehead atoms. The van der Waals surface area contributed by atoms with Crippen LogP contribution in [-0.2, 0) is 4.79 Å². The van der Waals surface area contributed by atoms with Crippen LogP contribution in [0.1, 0.15) is 6.42 Å².